The molecule has 2 fully saturated rings. The normalized spacial score (nSPS) is 17.5. The minimum absolute atomic E-state index is 0.229. The molecule has 0 atom stereocenters. The molecule has 1 aromatic heterocycles. The van der Waals surface area contributed by atoms with Crippen LogP contribution >= 0.6 is 23.2 Å². The lowest BCUT2D eigenvalue weighted by molar-refractivity contribution is 0.0944. The number of amides is 2. The van der Waals surface area contributed by atoms with Gasteiger partial charge in [0, 0.05) is 43.5 Å². The number of hydrogen-bond acceptors (Lipinski definition) is 4. The van der Waals surface area contributed by atoms with Gasteiger partial charge in [-0.15, -0.1) is 0 Å². The number of aromatic nitrogens is 1. The van der Waals surface area contributed by atoms with Gasteiger partial charge >= 0.3 is 6.03 Å². The number of hydrogen-bond donors (Lipinski definition) is 2. The summed E-state index contributed by atoms with van der Waals surface area (Å²) in [6, 6.07) is 8.34. The number of likely N-dealkylation sites (tertiary alicyclic amines) is 1. The van der Waals surface area contributed by atoms with E-state index in [1.54, 1.807) is 24.4 Å². The van der Waals surface area contributed by atoms with E-state index >= 15 is 0 Å². The SMILES string of the molecule is O=C(NCc1ccc(OC2CCN(CC3CC3)CC2)nc1)Nc1ccc(Cl)cc1Cl. The minimum Gasteiger partial charge on any atom is -0.474 e. The largest absolute Gasteiger partial charge is 0.474 e. The number of nitrogens with zero attached hydrogens (tertiary/aromatic N) is 2. The second kappa shape index (κ2) is 9.86. The number of carbonyl (C=O) groups is 1. The van der Waals surface area contributed by atoms with E-state index in [0.29, 0.717) is 28.2 Å². The van der Waals surface area contributed by atoms with Crippen molar-refractivity contribution >= 4 is 34.9 Å². The number of anilines is 1. The smallest absolute Gasteiger partial charge is 0.319 e. The lowest BCUT2D eigenvalue weighted by Gasteiger charge is -2.31. The van der Waals surface area contributed by atoms with Crippen LogP contribution in [0.3, 0.4) is 0 Å². The average molecular weight is 449 g/mol. The van der Waals surface area contributed by atoms with Crippen LogP contribution in [0.25, 0.3) is 0 Å². The van der Waals surface area contributed by atoms with Crippen LogP contribution in [-0.2, 0) is 6.54 Å². The van der Waals surface area contributed by atoms with Crippen LogP contribution in [0.5, 0.6) is 5.88 Å². The van der Waals surface area contributed by atoms with E-state index in [4.69, 9.17) is 27.9 Å². The molecule has 4 rings (SSSR count). The van der Waals surface area contributed by atoms with Crippen LogP contribution in [0.2, 0.25) is 10.0 Å². The summed E-state index contributed by atoms with van der Waals surface area (Å²) in [6.45, 7) is 3.82. The van der Waals surface area contributed by atoms with Crippen molar-refractivity contribution < 1.29 is 9.53 Å². The first-order valence-corrected chi connectivity index (χ1v) is 11.1. The molecule has 6 nitrogen and oxygen atoms in total. The Morgan fingerprint density at radius 2 is 1.93 bits per heavy atom. The summed E-state index contributed by atoms with van der Waals surface area (Å²) in [6.07, 6.45) is 6.85. The van der Waals surface area contributed by atoms with Crippen molar-refractivity contribution in [2.45, 2.75) is 38.3 Å². The van der Waals surface area contributed by atoms with Crippen molar-refractivity contribution in [1.29, 1.82) is 0 Å². The van der Waals surface area contributed by atoms with E-state index < -0.39 is 0 Å². The molecule has 1 aromatic carbocycles. The van der Waals surface area contributed by atoms with Crippen LogP contribution in [0.1, 0.15) is 31.2 Å². The van der Waals surface area contributed by atoms with E-state index in [1.165, 1.54) is 19.4 Å². The van der Waals surface area contributed by atoms with Crippen molar-refractivity contribution in [2.75, 3.05) is 25.0 Å². The zero-order valence-corrected chi connectivity index (χ0v) is 18.3. The fourth-order valence-corrected chi connectivity index (χ4v) is 4.03. The third-order valence-electron chi connectivity index (χ3n) is 5.47. The molecule has 2 aromatic rings. The van der Waals surface area contributed by atoms with Gasteiger partial charge in [-0.05, 0) is 55.4 Å². The molecule has 0 unspecified atom stereocenters. The topological polar surface area (TPSA) is 66.5 Å². The van der Waals surface area contributed by atoms with Crippen molar-refractivity contribution in [2.24, 2.45) is 5.92 Å². The van der Waals surface area contributed by atoms with Crippen LogP contribution in [0.4, 0.5) is 10.5 Å². The highest BCUT2D eigenvalue weighted by Crippen LogP contribution is 2.31. The number of urea groups is 1. The van der Waals surface area contributed by atoms with Gasteiger partial charge in [0.25, 0.3) is 0 Å². The first-order chi connectivity index (χ1) is 14.5. The van der Waals surface area contributed by atoms with Crippen LogP contribution in [-0.4, -0.2) is 41.7 Å². The number of carbonyl (C=O) groups excluding carboxylic acids is 1. The number of ether oxygens (including phenoxy) is 1. The Morgan fingerprint density at radius 1 is 1.13 bits per heavy atom. The monoisotopic (exact) mass is 448 g/mol. The molecular weight excluding hydrogens is 423 g/mol. The highest BCUT2D eigenvalue weighted by Gasteiger charge is 2.27. The average Bonchev–Trinajstić information content (AvgIpc) is 3.55. The second-order valence-electron chi connectivity index (χ2n) is 8.00. The van der Waals surface area contributed by atoms with Gasteiger partial charge in [-0.25, -0.2) is 9.78 Å². The lowest BCUT2D eigenvalue weighted by atomic mass is 10.1. The van der Waals surface area contributed by atoms with Crippen LogP contribution in [0.15, 0.2) is 36.5 Å². The highest BCUT2D eigenvalue weighted by atomic mass is 35.5. The number of rotatable bonds is 7. The van der Waals surface area contributed by atoms with Gasteiger partial charge in [-0.3, -0.25) is 0 Å². The standard InChI is InChI=1S/C22H26Cl2N4O2/c23-17-4-5-20(19(24)11-17)27-22(29)26-13-16-3-6-21(25-12-16)30-18-7-9-28(10-8-18)14-15-1-2-15/h3-6,11-12,15,18H,1-2,7-10,13-14H2,(H2,26,27,29). The fraction of sp³-hybridized carbons (Fsp3) is 0.455. The maximum absolute atomic E-state index is 12.1. The number of halogens is 2. The molecule has 8 heteroatoms. The lowest BCUT2D eigenvalue weighted by Crippen LogP contribution is -2.39. The Morgan fingerprint density at radius 3 is 2.60 bits per heavy atom. The van der Waals surface area contributed by atoms with Crippen molar-refractivity contribution in [1.82, 2.24) is 15.2 Å². The molecule has 160 valence electrons. The Kier molecular flexibility index (Phi) is 6.97. The van der Waals surface area contributed by atoms with Gasteiger partial charge in [-0.1, -0.05) is 29.3 Å². The number of pyridine rings is 1. The van der Waals surface area contributed by atoms with E-state index in [0.717, 1.165) is 37.4 Å². The third kappa shape index (κ3) is 6.24. The van der Waals surface area contributed by atoms with Crippen LogP contribution in [0, 0.1) is 5.92 Å². The first kappa shape index (κ1) is 21.2. The summed E-state index contributed by atoms with van der Waals surface area (Å²) in [5.74, 6) is 1.58. The van der Waals surface area contributed by atoms with Gasteiger partial charge in [0.1, 0.15) is 6.10 Å². The molecule has 1 saturated carbocycles. The van der Waals surface area contributed by atoms with E-state index in [-0.39, 0.29) is 12.1 Å². The van der Waals surface area contributed by atoms with Crippen molar-refractivity contribution in [3.63, 3.8) is 0 Å². The minimum atomic E-state index is -0.350. The van der Waals surface area contributed by atoms with E-state index in [1.807, 2.05) is 12.1 Å². The summed E-state index contributed by atoms with van der Waals surface area (Å²) >= 11 is 11.9. The Bertz CT molecular complexity index is 866. The van der Waals surface area contributed by atoms with Crippen molar-refractivity contribution in [3.05, 3.63) is 52.1 Å². The van der Waals surface area contributed by atoms with E-state index in [2.05, 4.69) is 20.5 Å². The molecule has 0 bridgehead atoms. The van der Waals surface area contributed by atoms with E-state index in [9.17, 15) is 4.79 Å². The highest BCUT2D eigenvalue weighted by molar-refractivity contribution is 6.36. The summed E-state index contributed by atoms with van der Waals surface area (Å²) in [7, 11) is 0. The summed E-state index contributed by atoms with van der Waals surface area (Å²) in [5.41, 5.74) is 1.39. The van der Waals surface area contributed by atoms with Crippen molar-refractivity contribution in [3.8, 4) is 5.88 Å². The third-order valence-corrected chi connectivity index (χ3v) is 6.01. The van der Waals surface area contributed by atoms with Gasteiger partial charge in [0.2, 0.25) is 5.88 Å². The first-order valence-electron chi connectivity index (χ1n) is 10.4. The van der Waals surface area contributed by atoms with Gasteiger partial charge in [0.05, 0.1) is 10.7 Å². The predicted molar refractivity (Wildman–Crippen MR) is 119 cm³/mol. The molecular formula is C22H26Cl2N4O2. The number of benzene rings is 1. The second-order valence-corrected chi connectivity index (χ2v) is 8.84. The summed E-state index contributed by atoms with van der Waals surface area (Å²) in [4.78, 5) is 19.0. The molecule has 2 amide bonds. The number of piperidine rings is 1. The zero-order valence-electron chi connectivity index (χ0n) is 16.7. The Balaban J connectivity index is 1.19. The molecule has 0 radical (unpaired) electrons. The predicted octanol–water partition coefficient (Wildman–Crippen LogP) is 4.96. The number of nitrogens with one attached hydrogen (secondary N) is 2. The molecule has 1 aliphatic heterocycles. The molecule has 2 heterocycles. The molecule has 2 N–H and O–H groups in total. The molecule has 0 spiro atoms. The maximum atomic E-state index is 12.1. The maximum Gasteiger partial charge on any atom is 0.319 e. The van der Waals surface area contributed by atoms with Crippen LogP contribution < -0.4 is 15.4 Å². The Hall–Kier alpha value is -2.02. The van der Waals surface area contributed by atoms with Gasteiger partial charge in [0.15, 0.2) is 0 Å². The van der Waals surface area contributed by atoms with Gasteiger partial charge < -0.3 is 20.3 Å². The summed E-state index contributed by atoms with van der Waals surface area (Å²) in [5, 5.41) is 6.40. The quantitative estimate of drug-likeness (QED) is 0.627. The van der Waals surface area contributed by atoms with Gasteiger partial charge in [-0.2, -0.15) is 0 Å². The Labute approximate surface area is 186 Å². The molecule has 2 aliphatic rings. The molecule has 1 saturated heterocycles. The molecule has 30 heavy (non-hydrogen) atoms. The molecule has 1 aliphatic carbocycles. The zero-order chi connectivity index (χ0) is 20.9. The summed E-state index contributed by atoms with van der Waals surface area (Å²) < 4.78 is 6.04. The fourth-order valence-electron chi connectivity index (χ4n) is 3.57.